The van der Waals surface area contributed by atoms with Crippen LogP contribution in [0.3, 0.4) is 0 Å². The minimum atomic E-state index is -5.29. The summed E-state index contributed by atoms with van der Waals surface area (Å²) in [6.45, 7) is 2.53. The molecule has 0 aromatic heterocycles. The van der Waals surface area contributed by atoms with E-state index in [1.165, 1.54) is 13.8 Å². The first kappa shape index (κ1) is 31.3. The lowest BCUT2D eigenvalue weighted by molar-refractivity contribution is -0.169. The normalized spacial score (nSPS) is 17.7. The Kier molecular flexibility index (Phi) is 11.2. The number of methoxy groups -OCH3 is 1. The number of carboxylic acids is 4. The second kappa shape index (κ2) is 11.1. The molecule has 10 N–H and O–H groups in total. The molecule has 0 saturated carbocycles. The average molecular weight is 497 g/mol. The zero-order valence-electron chi connectivity index (χ0n) is 16.5. The van der Waals surface area contributed by atoms with E-state index >= 15 is 0 Å². The Labute approximate surface area is 175 Å². The van der Waals surface area contributed by atoms with Gasteiger partial charge in [0.2, 0.25) is 0 Å². The molecule has 18 heteroatoms. The van der Waals surface area contributed by atoms with Crippen LogP contribution in [0.25, 0.3) is 0 Å². The Morgan fingerprint density at radius 3 is 1.39 bits per heavy atom. The van der Waals surface area contributed by atoms with Gasteiger partial charge in [0, 0.05) is 7.11 Å². The fourth-order valence-electron chi connectivity index (χ4n) is 2.57. The Hall–Kier alpha value is -1.90. The first-order chi connectivity index (χ1) is 13.7. The standard InChI is InChI=1S/C7H13O8P.C6H12NO7P/c1-3-4(5(8)9)7(15-2,6(10)11)16(12,13)14;1-2-6(7,5(10)11)3(4(8)9)15(12,13)14/h4H,3H2,1-2H3,(H,8,9)(H,10,11)(H2,12,13,14);3H,2,7H2,1H3,(H,8,9)(H,10,11)(H2,12,13,14). The Morgan fingerprint density at radius 1 is 0.903 bits per heavy atom. The van der Waals surface area contributed by atoms with E-state index in [1.54, 1.807) is 0 Å². The minimum Gasteiger partial charge on any atom is -0.481 e. The molecular formula is C13H25NO15P2. The van der Waals surface area contributed by atoms with Crippen LogP contribution in [0.5, 0.6) is 0 Å². The third kappa shape index (κ3) is 6.79. The van der Waals surface area contributed by atoms with Gasteiger partial charge in [0.1, 0.15) is 11.5 Å². The first-order valence-corrected chi connectivity index (χ1v) is 11.4. The molecule has 0 radical (unpaired) electrons. The SMILES string of the molecule is CCC(C(=O)O)C(OC)(C(=O)O)P(=O)(O)O.CCC(N)(C(=O)O)C(C(=O)O)P(=O)(O)O. The maximum absolute atomic E-state index is 11.2. The maximum Gasteiger partial charge on any atom is 0.369 e. The van der Waals surface area contributed by atoms with Gasteiger partial charge in [-0.15, -0.1) is 0 Å². The Bertz CT molecular complexity index is 788. The van der Waals surface area contributed by atoms with E-state index in [0.29, 0.717) is 0 Å². The molecule has 16 nitrogen and oxygen atoms in total. The van der Waals surface area contributed by atoms with Gasteiger partial charge in [0.15, 0.2) is 5.66 Å². The number of aliphatic carboxylic acids is 4. The number of hydrogen-bond donors (Lipinski definition) is 9. The highest BCUT2D eigenvalue weighted by atomic mass is 31.2. The minimum absolute atomic E-state index is 0.291. The van der Waals surface area contributed by atoms with Crippen LogP contribution in [-0.4, -0.2) is 87.5 Å². The molecule has 182 valence electrons. The van der Waals surface area contributed by atoms with Gasteiger partial charge in [-0.25, -0.2) is 4.79 Å². The van der Waals surface area contributed by atoms with Crippen molar-refractivity contribution in [3.63, 3.8) is 0 Å². The van der Waals surface area contributed by atoms with E-state index in [1.807, 2.05) is 0 Å². The Balaban J connectivity index is 0. The highest BCUT2D eigenvalue weighted by Crippen LogP contribution is 2.56. The van der Waals surface area contributed by atoms with Crippen LogP contribution in [-0.2, 0) is 33.0 Å². The van der Waals surface area contributed by atoms with Crippen molar-refractivity contribution in [3.8, 4) is 0 Å². The van der Waals surface area contributed by atoms with Crippen LogP contribution in [0.15, 0.2) is 0 Å². The molecule has 0 saturated heterocycles. The van der Waals surface area contributed by atoms with Crippen molar-refractivity contribution in [2.75, 3.05) is 7.11 Å². The predicted octanol–water partition coefficient (Wildman–Crippen LogP) is -1.49. The smallest absolute Gasteiger partial charge is 0.369 e. The monoisotopic (exact) mass is 497 g/mol. The summed E-state index contributed by atoms with van der Waals surface area (Å²) >= 11 is 0. The zero-order valence-corrected chi connectivity index (χ0v) is 18.3. The third-order valence-electron chi connectivity index (χ3n) is 4.27. The number of carboxylic acid groups (broad SMARTS) is 4. The number of ether oxygens (including phenoxy) is 1. The number of rotatable bonds is 11. The second-order valence-corrected chi connectivity index (χ2v) is 9.52. The molecule has 0 bridgehead atoms. The molecule has 0 rings (SSSR count). The summed E-state index contributed by atoms with van der Waals surface area (Å²) in [7, 11) is -9.67. The lowest BCUT2D eigenvalue weighted by atomic mass is 9.93. The molecule has 4 unspecified atom stereocenters. The van der Waals surface area contributed by atoms with Crippen LogP contribution in [0.2, 0.25) is 0 Å². The van der Waals surface area contributed by atoms with Gasteiger partial charge in [-0.1, -0.05) is 13.8 Å². The van der Waals surface area contributed by atoms with Crippen LogP contribution in [0, 0.1) is 5.92 Å². The third-order valence-corrected chi connectivity index (χ3v) is 7.18. The van der Waals surface area contributed by atoms with Gasteiger partial charge < -0.3 is 50.5 Å². The van der Waals surface area contributed by atoms with Crippen molar-refractivity contribution in [1.82, 2.24) is 0 Å². The van der Waals surface area contributed by atoms with E-state index in [-0.39, 0.29) is 6.42 Å². The van der Waals surface area contributed by atoms with Crippen LogP contribution < -0.4 is 5.73 Å². The van der Waals surface area contributed by atoms with Gasteiger partial charge in [-0.3, -0.25) is 23.5 Å². The molecule has 0 spiro atoms. The molecule has 4 atom stereocenters. The fraction of sp³-hybridized carbons (Fsp3) is 0.692. The molecule has 0 aromatic carbocycles. The van der Waals surface area contributed by atoms with Gasteiger partial charge in [0.05, 0.1) is 0 Å². The quantitative estimate of drug-likeness (QED) is 0.147. The predicted molar refractivity (Wildman–Crippen MR) is 99.1 cm³/mol. The average Bonchev–Trinajstić information content (AvgIpc) is 2.56. The van der Waals surface area contributed by atoms with Crippen molar-refractivity contribution < 1.29 is 73.0 Å². The molecular weight excluding hydrogens is 472 g/mol. The van der Waals surface area contributed by atoms with E-state index in [0.717, 1.165) is 7.11 Å². The molecule has 0 aliphatic heterocycles. The van der Waals surface area contributed by atoms with E-state index < -0.39 is 67.9 Å². The van der Waals surface area contributed by atoms with Crippen molar-refractivity contribution >= 4 is 39.1 Å². The summed E-state index contributed by atoms with van der Waals surface area (Å²) in [5.41, 5.74) is 0.266. The summed E-state index contributed by atoms with van der Waals surface area (Å²) < 4.78 is 26.3. The number of carbonyl (C=O) groups is 4. The largest absolute Gasteiger partial charge is 0.481 e. The van der Waals surface area contributed by atoms with E-state index in [2.05, 4.69) is 4.74 Å². The van der Waals surface area contributed by atoms with Gasteiger partial charge in [-0.2, -0.15) is 0 Å². The lowest BCUT2D eigenvalue weighted by Crippen LogP contribution is -2.59. The summed E-state index contributed by atoms with van der Waals surface area (Å²) in [6, 6.07) is 0. The maximum atomic E-state index is 11.2. The Morgan fingerprint density at radius 2 is 1.32 bits per heavy atom. The highest BCUT2D eigenvalue weighted by molar-refractivity contribution is 7.54. The molecule has 31 heavy (non-hydrogen) atoms. The van der Waals surface area contributed by atoms with Gasteiger partial charge in [0.25, 0.3) is 5.34 Å². The highest BCUT2D eigenvalue weighted by Gasteiger charge is 2.62. The molecule has 0 amide bonds. The first-order valence-electron chi connectivity index (χ1n) is 8.09. The fourth-order valence-corrected chi connectivity index (χ4v) is 4.94. The van der Waals surface area contributed by atoms with E-state index in [4.69, 9.17) is 45.7 Å². The lowest BCUT2D eigenvalue weighted by Gasteiger charge is -2.32. The molecule has 0 fully saturated rings. The second-order valence-electron chi connectivity index (χ2n) is 6.08. The summed E-state index contributed by atoms with van der Waals surface area (Å²) in [5, 5.41) is 31.8. The summed E-state index contributed by atoms with van der Waals surface area (Å²) in [5.74, 6) is -9.18. The van der Waals surface area contributed by atoms with Gasteiger partial charge >= 0.3 is 39.1 Å². The summed E-state index contributed by atoms with van der Waals surface area (Å²) in [4.78, 5) is 78.5. The van der Waals surface area contributed by atoms with Crippen molar-refractivity contribution in [3.05, 3.63) is 0 Å². The zero-order chi connectivity index (χ0) is 25.6. The van der Waals surface area contributed by atoms with Crippen molar-refractivity contribution in [2.45, 2.75) is 43.2 Å². The van der Waals surface area contributed by atoms with Crippen molar-refractivity contribution in [2.24, 2.45) is 11.7 Å². The van der Waals surface area contributed by atoms with Gasteiger partial charge in [-0.05, 0) is 12.8 Å². The number of nitrogens with two attached hydrogens (primary N) is 1. The molecule has 0 aliphatic rings. The van der Waals surface area contributed by atoms with Crippen LogP contribution in [0.1, 0.15) is 26.7 Å². The van der Waals surface area contributed by atoms with Crippen LogP contribution in [0.4, 0.5) is 0 Å². The van der Waals surface area contributed by atoms with Crippen LogP contribution >= 0.6 is 15.2 Å². The van der Waals surface area contributed by atoms with E-state index in [9.17, 15) is 28.3 Å². The molecule has 0 heterocycles. The van der Waals surface area contributed by atoms with Crippen molar-refractivity contribution in [1.29, 1.82) is 0 Å². The summed E-state index contributed by atoms with van der Waals surface area (Å²) in [6.07, 6.45) is -0.703. The number of hydrogen-bond acceptors (Lipinski definition) is 8. The molecule has 0 aromatic rings. The molecule has 0 aliphatic carbocycles. The topological polar surface area (TPSA) is 300 Å².